The topological polar surface area (TPSA) is 47.6 Å². The third-order valence-corrected chi connectivity index (χ3v) is 2.38. The van der Waals surface area contributed by atoms with E-state index in [1.54, 1.807) is 26.8 Å². The molecule has 4 nitrogen and oxygen atoms in total. The molecular weight excluding hydrogens is 299 g/mol. The number of ether oxygens (including phenoxy) is 2. The van der Waals surface area contributed by atoms with E-state index in [-0.39, 0.29) is 11.4 Å². The number of carbonyl (C=O) groups is 1. The van der Waals surface area contributed by atoms with Gasteiger partial charge in [-0.15, -0.1) is 13.2 Å². The van der Waals surface area contributed by atoms with Crippen molar-refractivity contribution in [1.29, 1.82) is 0 Å². The summed E-state index contributed by atoms with van der Waals surface area (Å²) in [6, 6.07) is 4.00. The Balaban J connectivity index is 2.95. The van der Waals surface area contributed by atoms with Crippen LogP contribution in [0, 0.1) is 0 Å². The van der Waals surface area contributed by atoms with Crippen LogP contribution < -0.4 is 10.1 Å². The largest absolute Gasteiger partial charge is 0.573 e. The van der Waals surface area contributed by atoms with Crippen molar-refractivity contribution < 1.29 is 27.4 Å². The zero-order chi connectivity index (χ0) is 17.0. The van der Waals surface area contributed by atoms with Crippen LogP contribution in [0.15, 0.2) is 18.2 Å². The number of rotatable bonds is 4. The first-order chi connectivity index (χ1) is 9.98. The van der Waals surface area contributed by atoms with Crippen LogP contribution in [0.4, 0.5) is 23.7 Å². The molecule has 0 fully saturated rings. The minimum Gasteiger partial charge on any atom is -0.444 e. The average molecular weight is 319 g/mol. The second kappa shape index (κ2) is 6.89. The predicted octanol–water partition coefficient (Wildman–Crippen LogP) is 4.88. The molecular formula is C15H20F3NO3. The normalized spacial score (nSPS) is 12.0. The zero-order valence-corrected chi connectivity index (χ0v) is 13.0. The SMILES string of the molecule is CCCc1cc(NC(=O)OC(C)(C)C)cc(OC(F)(F)F)c1. The Bertz CT molecular complexity index is 522. The van der Waals surface area contributed by atoms with Crippen molar-refractivity contribution in [3.05, 3.63) is 23.8 Å². The molecule has 0 spiro atoms. The summed E-state index contributed by atoms with van der Waals surface area (Å²) in [4.78, 5) is 11.7. The quantitative estimate of drug-likeness (QED) is 0.860. The van der Waals surface area contributed by atoms with Crippen molar-refractivity contribution in [2.75, 3.05) is 5.32 Å². The fourth-order valence-corrected chi connectivity index (χ4v) is 1.78. The van der Waals surface area contributed by atoms with Gasteiger partial charge in [-0.3, -0.25) is 5.32 Å². The number of alkyl halides is 3. The predicted molar refractivity (Wildman–Crippen MR) is 77.0 cm³/mol. The monoisotopic (exact) mass is 319 g/mol. The lowest BCUT2D eigenvalue weighted by Crippen LogP contribution is -2.27. The Hall–Kier alpha value is -1.92. The van der Waals surface area contributed by atoms with Crippen LogP contribution in [-0.4, -0.2) is 18.1 Å². The standard InChI is InChI=1S/C15H20F3NO3/c1-5-6-10-7-11(19-13(20)22-14(2,3)4)9-12(8-10)21-15(16,17)18/h7-9H,5-6H2,1-4H3,(H,19,20). The Morgan fingerprint density at radius 1 is 1.18 bits per heavy atom. The number of nitrogens with one attached hydrogen (secondary N) is 1. The molecule has 0 saturated heterocycles. The molecule has 0 aliphatic rings. The second-order valence-corrected chi connectivity index (χ2v) is 5.79. The van der Waals surface area contributed by atoms with E-state index in [9.17, 15) is 18.0 Å². The van der Waals surface area contributed by atoms with E-state index in [0.717, 1.165) is 12.5 Å². The summed E-state index contributed by atoms with van der Waals surface area (Å²) in [5.41, 5.74) is 0.130. The van der Waals surface area contributed by atoms with Gasteiger partial charge in [0.25, 0.3) is 0 Å². The summed E-state index contributed by atoms with van der Waals surface area (Å²) in [5, 5.41) is 2.41. The maximum absolute atomic E-state index is 12.3. The molecule has 0 aliphatic heterocycles. The number of halogens is 3. The van der Waals surface area contributed by atoms with Crippen LogP contribution in [0.1, 0.15) is 39.7 Å². The van der Waals surface area contributed by atoms with Gasteiger partial charge in [-0.1, -0.05) is 13.3 Å². The first-order valence-corrected chi connectivity index (χ1v) is 6.88. The zero-order valence-electron chi connectivity index (χ0n) is 13.0. The van der Waals surface area contributed by atoms with Gasteiger partial charge in [-0.2, -0.15) is 0 Å². The number of hydrogen-bond donors (Lipinski definition) is 1. The summed E-state index contributed by atoms with van der Waals surface area (Å²) in [5.74, 6) is -0.371. The van der Waals surface area contributed by atoms with E-state index in [1.807, 2.05) is 6.92 Å². The molecule has 0 atom stereocenters. The van der Waals surface area contributed by atoms with Crippen molar-refractivity contribution in [3.63, 3.8) is 0 Å². The number of benzene rings is 1. The van der Waals surface area contributed by atoms with E-state index >= 15 is 0 Å². The van der Waals surface area contributed by atoms with Gasteiger partial charge >= 0.3 is 12.5 Å². The molecule has 22 heavy (non-hydrogen) atoms. The summed E-state index contributed by atoms with van der Waals surface area (Å²) in [7, 11) is 0. The lowest BCUT2D eigenvalue weighted by molar-refractivity contribution is -0.274. The van der Waals surface area contributed by atoms with Gasteiger partial charge in [0.2, 0.25) is 0 Å². The van der Waals surface area contributed by atoms with Crippen LogP contribution >= 0.6 is 0 Å². The van der Waals surface area contributed by atoms with E-state index in [2.05, 4.69) is 10.1 Å². The highest BCUT2D eigenvalue weighted by Crippen LogP contribution is 2.28. The number of carbonyl (C=O) groups excluding carboxylic acids is 1. The van der Waals surface area contributed by atoms with Crippen molar-refractivity contribution in [2.24, 2.45) is 0 Å². The Labute approximate surface area is 127 Å². The van der Waals surface area contributed by atoms with Crippen LogP contribution in [0.25, 0.3) is 0 Å². The highest BCUT2D eigenvalue weighted by atomic mass is 19.4. The molecule has 1 aromatic carbocycles. The first kappa shape index (κ1) is 18.1. The van der Waals surface area contributed by atoms with Gasteiger partial charge in [0, 0.05) is 11.8 Å². The number of hydrogen-bond acceptors (Lipinski definition) is 3. The molecule has 1 amide bonds. The van der Waals surface area contributed by atoms with Crippen LogP contribution in [0.2, 0.25) is 0 Å². The van der Waals surface area contributed by atoms with Gasteiger partial charge in [0.05, 0.1) is 0 Å². The van der Waals surface area contributed by atoms with Crippen molar-refractivity contribution in [1.82, 2.24) is 0 Å². The smallest absolute Gasteiger partial charge is 0.444 e. The van der Waals surface area contributed by atoms with Gasteiger partial charge < -0.3 is 9.47 Å². The van der Waals surface area contributed by atoms with Crippen LogP contribution in [0.5, 0.6) is 5.75 Å². The fourth-order valence-electron chi connectivity index (χ4n) is 1.78. The summed E-state index contributed by atoms with van der Waals surface area (Å²) < 4.78 is 46.0. The molecule has 0 bridgehead atoms. The van der Waals surface area contributed by atoms with E-state index in [0.29, 0.717) is 12.0 Å². The molecule has 0 radical (unpaired) electrons. The molecule has 1 rings (SSSR count). The lowest BCUT2D eigenvalue weighted by atomic mass is 10.1. The minimum atomic E-state index is -4.78. The van der Waals surface area contributed by atoms with Crippen molar-refractivity contribution in [3.8, 4) is 5.75 Å². The Morgan fingerprint density at radius 3 is 2.32 bits per heavy atom. The lowest BCUT2D eigenvalue weighted by Gasteiger charge is -2.20. The van der Waals surface area contributed by atoms with Gasteiger partial charge in [-0.25, -0.2) is 4.79 Å². The van der Waals surface area contributed by atoms with E-state index < -0.39 is 18.1 Å². The number of aryl methyl sites for hydroxylation is 1. The molecule has 1 aromatic rings. The molecule has 0 aliphatic carbocycles. The van der Waals surface area contributed by atoms with E-state index in [4.69, 9.17) is 4.74 Å². The molecule has 0 aromatic heterocycles. The highest BCUT2D eigenvalue weighted by Gasteiger charge is 2.31. The fraction of sp³-hybridized carbons (Fsp3) is 0.533. The summed E-state index contributed by atoms with van der Waals surface area (Å²) >= 11 is 0. The first-order valence-electron chi connectivity index (χ1n) is 6.88. The third kappa shape index (κ3) is 7.19. The van der Waals surface area contributed by atoms with Crippen molar-refractivity contribution >= 4 is 11.8 Å². The molecule has 0 unspecified atom stereocenters. The van der Waals surface area contributed by atoms with Crippen LogP contribution in [-0.2, 0) is 11.2 Å². The Kier molecular flexibility index (Phi) is 5.68. The second-order valence-electron chi connectivity index (χ2n) is 5.79. The van der Waals surface area contributed by atoms with Gasteiger partial charge in [-0.05, 0) is 44.9 Å². The summed E-state index contributed by atoms with van der Waals surface area (Å²) in [6.07, 6.45) is -4.20. The van der Waals surface area contributed by atoms with Gasteiger partial charge in [0.1, 0.15) is 11.4 Å². The Morgan fingerprint density at radius 2 is 1.82 bits per heavy atom. The van der Waals surface area contributed by atoms with Crippen molar-refractivity contribution in [2.45, 2.75) is 52.5 Å². The summed E-state index contributed by atoms with van der Waals surface area (Å²) in [6.45, 7) is 6.98. The molecule has 0 heterocycles. The van der Waals surface area contributed by atoms with Crippen LogP contribution in [0.3, 0.4) is 0 Å². The molecule has 1 N–H and O–H groups in total. The van der Waals surface area contributed by atoms with E-state index in [1.165, 1.54) is 6.07 Å². The van der Waals surface area contributed by atoms with Gasteiger partial charge in [0.15, 0.2) is 0 Å². The number of anilines is 1. The average Bonchev–Trinajstić information content (AvgIpc) is 2.22. The minimum absolute atomic E-state index is 0.194. The third-order valence-electron chi connectivity index (χ3n) is 2.38. The highest BCUT2D eigenvalue weighted by molar-refractivity contribution is 5.85. The molecule has 124 valence electrons. The molecule has 0 saturated carbocycles. The maximum Gasteiger partial charge on any atom is 0.573 e. The molecule has 7 heteroatoms. The maximum atomic E-state index is 12.3. The number of amides is 1.